The molecule has 1 saturated heterocycles. The second kappa shape index (κ2) is 9.20. The lowest BCUT2D eigenvalue weighted by atomic mass is 9.81. The van der Waals surface area contributed by atoms with E-state index in [-0.39, 0.29) is 17.9 Å². The highest BCUT2D eigenvalue weighted by Gasteiger charge is 2.36. The highest BCUT2D eigenvalue weighted by molar-refractivity contribution is 5.77. The molecule has 0 unspecified atom stereocenters. The molecule has 25 heavy (non-hydrogen) atoms. The monoisotopic (exact) mass is 348 g/mol. The van der Waals surface area contributed by atoms with Crippen molar-refractivity contribution in [2.45, 2.75) is 46.8 Å². The van der Waals surface area contributed by atoms with Gasteiger partial charge in [-0.15, -0.1) is 0 Å². The molecular weight excluding hydrogens is 316 g/mol. The van der Waals surface area contributed by atoms with E-state index in [1.54, 1.807) is 0 Å². The Labute approximate surface area is 151 Å². The van der Waals surface area contributed by atoms with E-state index in [0.717, 1.165) is 26.1 Å². The molecule has 140 valence electrons. The van der Waals surface area contributed by atoms with Crippen LogP contribution in [0.3, 0.4) is 0 Å². The van der Waals surface area contributed by atoms with Crippen molar-refractivity contribution in [1.29, 1.82) is 0 Å². The average Bonchev–Trinajstić information content (AvgIpc) is 3.03. The molecule has 1 heterocycles. The molecule has 0 aromatic heterocycles. The zero-order chi connectivity index (χ0) is 18.3. The van der Waals surface area contributed by atoms with Crippen molar-refractivity contribution >= 4 is 5.91 Å². The Kier molecular flexibility index (Phi) is 7.26. The molecule has 2 atom stereocenters. The van der Waals surface area contributed by atoms with E-state index < -0.39 is 0 Å². The van der Waals surface area contributed by atoms with Crippen LogP contribution in [-0.4, -0.2) is 38.3 Å². The molecule has 0 radical (unpaired) electrons. The first kappa shape index (κ1) is 19.7. The van der Waals surface area contributed by atoms with Gasteiger partial charge in [0, 0.05) is 32.2 Å². The standard InChI is InChI=1S/C20H32N2O3/c1-5-22-18(23)14-25-17-8-6-15(7-9-17)12-21-13-16-10-11-24-19(16)20(2,3)4/h6-9,16,19,21H,5,10-14H2,1-4H3,(H,22,23)/t16-,19+/m1/s1. The summed E-state index contributed by atoms with van der Waals surface area (Å²) < 4.78 is 11.4. The van der Waals surface area contributed by atoms with E-state index in [1.807, 2.05) is 31.2 Å². The molecule has 0 spiro atoms. The fourth-order valence-corrected chi connectivity index (χ4v) is 3.30. The quantitative estimate of drug-likeness (QED) is 0.758. The lowest BCUT2D eigenvalue weighted by molar-refractivity contribution is -0.122. The summed E-state index contributed by atoms with van der Waals surface area (Å²) in [6.45, 7) is 12.0. The minimum Gasteiger partial charge on any atom is -0.484 e. The summed E-state index contributed by atoms with van der Waals surface area (Å²) in [6.07, 6.45) is 1.45. The van der Waals surface area contributed by atoms with Crippen molar-refractivity contribution < 1.29 is 14.3 Å². The van der Waals surface area contributed by atoms with Crippen molar-refractivity contribution in [2.24, 2.45) is 11.3 Å². The molecule has 1 fully saturated rings. The predicted molar refractivity (Wildman–Crippen MR) is 99.6 cm³/mol. The zero-order valence-electron chi connectivity index (χ0n) is 15.9. The smallest absolute Gasteiger partial charge is 0.257 e. The number of carbonyl (C=O) groups is 1. The fourth-order valence-electron chi connectivity index (χ4n) is 3.30. The van der Waals surface area contributed by atoms with Gasteiger partial charge < -0.3 is 20.1 Å². The van der Waals surface area contributed by atoms with Crippen LogP contribution in [0.5, 0.6) is 5.75 Å². The van der Waals surface area contributed by atoms with E-state index in [4.69, 9.17) is 9.47 Å². The number of hydrogen-bond acceptors (Lipinski definition) is 4. The molecule has 2 rings (SSSR count). The van der Waals surface area contributed by atoms with E-state index in [0.29, 0.717) is 24.3 Å². The summed E-state index contributed by atoms with van der Waals surface area (Å²) in [6, 6.07) is 7.89. The summed E-state index contributed by atoms with van der Waals surface area (Å²) in [4.78, 5) is 11.4. The van der Waals surface area contributed by atoms with E-state index in [9.17, 15) is 4.79 Å². The van der Waals surface area contributed by atoms with Crippen LogP contribution >= 0.6 is 0 Å². The molecule has 5 nitrogen and oxygen atoms in total. The first-order valence-corrected chi connectivity index (χ1v) is 9.21. The van der Waals surface area contributed by atoms with Crippen molar-refractivity contribution in [3.05, 3.63) is 29.8 Å². The maximum atomic E-state index is 11.4. The van der Waals surface area contributed by atoms with Gasteiger partial charge >= 0.3 is 0 Å². The van der Waals surface area contributed by atoms with Crippen LogP contribution in [0.25, 0.3) is 0 Å². The number of amides is 1. The van der Waals surface area contributed by atoms with E-state index in [1.165, 1.54) is 5.56 Å². The molecule has 0 saturated carbocycles. The topological polar surface area (TPSA) is 59.6 Å². The number of ether oxygens (including phenoxy) is 2. The highest BCUT2D eigenvalue weighted by atomic mass is 16.5. The van der Waals surface area contributed by atoms with Gasteiger partial charge in [-0.3, -0.25) is 4.79 Å². The molecule has 5 heteroatoms. The Balaban J connectivity index is 1.73. The van der Waals surface area contributed by atoms with Gasteiger partial charge in [0.1, 0.15) is 5.75 Å². The van der Waals surface area contributed by atoms with Crippen molar-refractivity contribution in [1.82, 2.24) is 10.6 Å². The molecule has 2 N–H and O–H groups in total. The summed E-state index contributed by atoms with van der Waals surface area (Å²) in [7, 11) is 0. The second-order valence-electron chi connectivity index (χ2n) is 7.72. The number of rotatable bonds is 8. The van der Waals surface area contributed by atoms with Crippen molar-refractivity contribution in [3.8, 4) is 5.75 Å². The highest BCUT2D eigenvalue weighted by Crippen LogP contribution is 2.34. The maximum absolute atomic E-state index is 11.4. The van der Waals surface area contributed by atoms with Gasteiger partial charge in [-0.1, -0.05) is 32.9 Å². The van der Waals surface area contributed by atoms with Gasteiger partial charge in [-0.05, 0) is 36.5 Å². The minimum atomic E-state index is -0.0968. The van der Waals surface area contributed by atoms with E-state index >= 15 is 0 Å². The van der Waals surface area contributed by atoms with Crippen molar-refractivity contribution in [2.75, 3.05) is 26.3 Å². The Bertz CT molecular complexity index is 537. The van der Waals surface area contributed by atoms with Crippen LogP contribution < -0.4 is 15.4 Å². The van der Waals surface area contributed by atoms with Gasteiger partial charge in [0.15, 0.2) is 6.61 Å². The largest absolute Gasteiger partial charge is 0.484 e. The summed E-state index contributed by atoms with van der Waals surface area (Å²) >= 11 is 0. The van der Waals surface area contributed by atoms with Gasteiger partial charge in [0.05, 0.1) is 6.10 Å². The van der Waals surface area contributed by atoms with Crippen LogP contribution in [0.4, 0.5) is 0 Å². The Morgan fingerprint density at radius 1 is 1.28 bits per heavy atom. The van der Waals surface area contributed by atoms with Crippen molar-refractivity contribution in [3.63, 3.8) is 0 Å². The summed E-state index contributed by atoms with van der Waals surface area (Å²) in [5.41, 5.74) is 1.39. The Morgan fingerprint density at radius 2 is 2.00 bits per heavy atom. The molecule has 0 bridgehead atoms. The third-order valence-corrected chi connectivity index (χ3v) is 4.47. The molecule has 1 amide bonds. The number of hydrogen-bond donors (Lipinski definition) is 2. The lowest BCUT2D eigenvalue weighted by Gasteiger charge is -2.31. The molecule has 1 aromatic carbocycles. The SMILES string of the molecule is CCNC(=O)COc1ccc(CNC[C@H]2CCO[C@@H]2C(C)(C)C)cc1. The lowest BCUT2D eigenvalue weighted by Crippen LogP contribution is -2.36. The molecule has 0 aliphatic carbocycles. The number of likely N-dealkylation sites (N-methyl/N-ethyl adjacent to an activating group) is 1. The maximum Gasteiger partial charge on any atom is 0.257 e. The van der Waals surface area contributed by atoms with Gasteiger partial charge in [0.2, 0.25) is 0 Å². The predicted octanol–water partition coefficient (Wildman–Crippen LogP) is 2.74. The zero-order valence-corrected chi connectivity index (χ0v) is 15.9. The number of carbonyl (C=O) groups excluding carboxylic acids is 1. The van der Waals surface area contributed by atoms with Crippen LogP contribution in [0, 0.1) is 11.3 Å². The number of benzene rings is 1. The van der Waals surface area contributed by atoms with Gasteiger partial charge in [-0.2, -0.15) is 0 Å². The van der Waals surface area contributed by atoms with Crippen LogP contribution in [-0.2, 0) is 16.1 Å². The van der Waals surface area contributed by atoms with Gasteiger partial charge in [0.25, 0.3) is 5.91 Å². The van der Waals surface area contributed by atoms with Gasteiger partial charge in [-0.25, -0.2) is 0 Å². The van der Waals surface area contributed by atoms with E-state index in [2.05, 4.69) is 31.4 Å². The van der Waals surface area contributed by atoms with Crippen LogP contribution in [0.2, 0.25) is 0 Å². The molecule has 1 aromatic rings. The summed E-state index contributed by atoms with van der Waals surface area (Å²) in [5.74, 6) is 1.19. The Hall–Kier alpha value is -1.59. The fraction of sp³-hybridized carbons (Fsp3) is 0.650. The minimum absolute atomic E-state index is 0.0569. The van der Waals surface area contributed by atoms with Crippen LogP contribution in [0.15, 0.2) is 24.3 Å². The Morgan fingerprint density at radius 3 is 2.64 bits per heavy atom. The average molecular weight is 348 g/mol. The third kappa shape index (κ3) is 6.33. The first-order valence-electron chi connectivity index (χ1n) is 9.21. The first-order chi connectivity index (χ1) is 11.9. The normalized spacial score (nSPS) is 20.5. The number of nitrogens with one attached hydrogen (secondary N) is 2. The molecule has 1 aliphatic rings. The second-order valence-corrected chi connectivity index (χ2v) is 7.72. The molecular formula is C20H32N2O3. The summed E-state index contributed by atoms with van der Waals surface area (Å²) in [5, 5.41) is 6.26. The van der Waals surface area contributed by atoms with Crippen LogP contribution in [0.1, 0.15) is 39.7 Å². The third-order valence-electron chi connectivity index (χ3n) is 4.47. The molecule has 1 aliphatic heterocycles.